The number of aromatic nitrogens is 2. The third kappa shape index (κ3) is 3.92. The molecule has 16 heavy (non-hydrogen) atoms. The number of aliphatic hydroxyl groups is 2. The van der Waals surface area contributed by atoms with E-state index in [1.54, 1.807) is 12.5 Å². The molecule has 5 nitrogen and oxygen atoms in total. The molecule has 0 aliphatic heterocycles. The first-order valence-corrected chi connectivity index (χ1v) is 5.50. The molecule has 1 aromatic heterocycles. The minimum Gasteiger partial charge on any atom is -0.396 e. The third-order valence-electron chi connectivity index (χ3n) is 2.68. The van der Waals surface area contributed by atoms with Crippen LogP contribution in [-0.2, 0) is 6.54 Å². The number of imidazole rings is 1. The Labute approximate surface area is 96.1 Å². The lowest BCUT2D eigenvalue weighted by atomic mass is 9.93. The van der Waals surface area contributed by atoms with Gasteiger partial charge in [-0.15, -0.1) is 0 Å². The summed E-state index contributed by atoms with van der Waals surface area (Å²) in [4.78, 5) is 3.97. The molecule has 0 spiro atoms. The molecule has 0 radical (unpaired) electrons. The van der Waals surface area contributed by atoms with E-state index in [-0.39, 0.29) is 19.3 Å². The molecular formula is C11H21N3O2. The van der Waals surface area contributed by atoms with Crippen LogP contribution in [-0.4, -0.2) is 45.6 Å². The van der Waals surface area contributed by atoms with E-state index in [0.717, 1.165) is 6.54 Å². The molecule has 0 aromatic carbocycles. The average molecular weight is 227 g/mol. The monoisotopic (exact) mass is 227 g/mol. The molecule has 1 aromatic rings. The maximum absolute atomic E-state index is 9.14. The molecular weight excluding hydrogens is 206 g/mol. The van der Waals surface area contributed by atoms with E-state index < -0.39 is 5.41 Å². The first-order valence-electron chi connectivity index (χ1n) is 5.50. The smallest absolute Gasteiger partial charge is 0.0946 e. The minimum atomic E-state index is -0.455. The predicted molar refractivity (Wildman–Crippen MR) is 62.0 cm³/mol. The van der Waals surface area contributed by atoms with Gasteiger partial charge in [0.05, 0.1) is 19.5 Å². The van der Waals surface area contributed by atoms with Crippen LogP contribution in [0.1, 0.15) is 13.8 Å². The van der Waals surface area contributed by atoms with E-state index in [4.69, 9.17) is 10.2 Å². The topological polar surface area (TPSA) is 70.3 Å². The highest BCUT2D eigenvalue weighted by molar-refractivity contribution is 4.79. The van der Waals surface area contributed by atoms with Gasteiger partial charge in [-0.3, -0.25) is 0 Å². The Bertz CT molecular complexity index is 283. The Morgan fingerprint density at radius 3 is 2.62 bits per heavy atom. The largest absolute Gasteiger partial charge is 0.396 e. The van der Waals surface area contributed by atoms with Gasteiger partial charge in [-0.25, -0.2) is 4.98 Å². The van der Waals surface area contributed by atoms with Crippen LogP contribution in [0.3, 0.4) is 0 Å². The third-order valence-corrected chi connectivity index (χ3v) is 2.68. The van der Waals surface area contributed by atoms with Crippen molar-refractivity contribution < 1.29 is 10.2 Å². The number of rotatable bonds is 7. The van der Waals surface area contributed by atoms with Gasteiger partial charge in [0.1, 0.15) is 0 Å². The highest BCUT2D eigenvalue weighted by Gasteiger charge is 2.22. The fraction of sp³-hybridized carbons (Fsp3) is 0.727. The van der Waals surface area contributed by atoms with Gasteiger partial charge in [-0.2, -0.15) is 0 Å². The minimum absolute atomic E-state index is 0.0195. The van der Waals surface area contributed by atoms with Crippen LogP contribution in [0, 0.1) is 5.41 Å². The molecule has 0 amide bonds. The van der Waals surface area contributed by atoms with Gasteiger partial charge in [0.2, 0.25) is 0 Å². The van der Waals surface area contributed by atoms with Crippen LogP contribution < -0.4 is 5.32 Å². The summed E-state index contributed by atoms with van der Waals surface area (Å²) in [5.41, 5.74) is -0.455. The highest BCUT2D eigenvalue weighted by Crippen LogP contribution is 2.12. The molecule has 0 aliphatic carbocycles. The molecule has 1 unspecified atom stereocenters. The molecule has 1 heterocycles. The SMILES string of the molecule is CC(Cn1ccnc1)NCC(C)(CO)CO. The first kappa shape index (κ1) is 13.2. The van der Waals surface area contributed by atoms with Crippen LogP contribution in [0.2, 0.25) is 0 Å². The van der Waals surface area contributed by atoms with Crippen LogP contribution in [0.15, 0.2) is 18.7 Å². The molecule has 0 aliphatic rings. The zero-order valence-corrected chi connectivity index (χ0v) is 9.93. The molecule has 0 bridgehead atoms. The van der Waals surface area contributed by atoms with Crippen LogP contribution in [0.4, 0.5) is 0 Å². The second-order valence-electron chi connectivity index (χ2n) is 4.67. The van der Waals surface area contributed by atoms with Crippen molar-refractivity contribution in [2.24, 2.45) is 5.41 Å². The lowest BCUT2D eigenvalue weighted by molar-refractivity contribution is 0.0673. The Balaban J connectivity index is 2.32. The van der Waals surface area contributed by atoms with Crippen molar-refractivity contribution >= 4 is 0 Å². The number of nitrogens with one attached hydrogen (secondary N) is 1. The lowest BCUT2D eigenvalue weighted by Gasteiger charge is -2.27. The first-order chi connectivity index (χ1) is 7.59. The predicted octanol–water partition coefficient (Wildman–Crippen LogP) is -0.148. The van der Waals surface area contributed by atoms with E-state index in [1.165, 1.54) is 0 Å². The molecule has 0 saturated carbocycles. The summed E-state index contributed by atoms with van der Waals surface area (Å²) in [5.74, 6) is 0. The zero-order chi connectivity index (χ0) is 12.0. The average Bonchev–Trinajstić information content (AvgIpc) is 2.79. The van der Waals surface area contributed by atoms with Gasteiger partial charge < -0.3 is 20.1 Å². The maximum atomic E-state index is 9.14. The van der Waals surface area contributed by atoms with E-state index in [9.17, 15) is 0 Å². The fourth-order valence-corrected chi connectivity index (χ4v) is 1.36. The van der Waals surface area contributed by atoms with Crippen LogP contribution >= 0.6 is 0 Å². The number of hydrogen-bond donors (Lipinski definition) is 3. The van der Waals surface area contributed by atoms with Crippen molar-refractivity contribution in [2.45, 2.75) is 26.4 Å². The Morgan fingerprint density at radius 2 is 2.12 bits per heavy atom. The summed E-state index contributed by atoms with van der Waals surface area (Å²) in [6, 6.07) is 0.270. The van der Waals surface area contributed by atoms with Gasteiger partial charge in [-0.05, 0) is 6.92 Å². The number of nitrogens with zero attached hydrogens (tertiary/aromatic N) is 2. The van der Waals surface area contributed by atoms with E-state index in [0.29, 0.717) is 6.54 Å². The van der Waals surface area contributed by atoms with E-state index >= 15 is 0 Å². The standard InChI is InChI=1S/C11H21N3O2/c1-10(5-14-4-3-12-9-14)13-6-11(2,7-15)8-16/h3-4,9-10,13,15-16H,5-8H2,1-2H3. The van der Waals surface area contributed by atoms with Crippen LogP contribution in [0.5, 0.6) is 0 Å². The summed E-state index contributed by atoms with van der Waals surface area (Å²) in [6.07, 6.45) is 5.43. The van der Waals surface area contributed by atoms with Gasteiger partial charge in [0, 0.05) is 36.9 Å². The Kier molecular flexibility index (Phi) is 4.92. The van der Waals surface area contributed by atoms with Crippen molar-refractivity contribution in [3.8, 4) is 0 Å². The second-order valence-corrected chi connectivity index (χ2v) is 4.67. The van der Waals surface area contributed by atoms with Gasteiger partial charge in [0.15, 0.2) is 0 Å². The van der Waals surface area contributed by atoms with Crippen LogP contribution in [0.25, 0.3) is 0 Å². The lowest BCUT2D eigenvalue weighted by Crippen LogP contribution is -2.42. The maximum Gasteiger partial charge on any atom is 0.0946 e. The zero-order valence-electron chi connectivity index (χ0n) is 9.93. The van der Waals surface area contributed by atoms with Crippen molar-refractivity contribution in [3.05, 3.63) is 18.7 Å². The second kappa shape index (κ2) is 5.98. The van der Waals surface area contributed by atoms with E-state index in [2.05, 4.69) is 17.2 Å². The summed E-state index contributed by atoms with van der Waals surface area (Å²) < 4.78 is 1.99. The normalized spacial score (nSPS) is 14.0. The molecule has 1 rings (SSSR count). The van der Waals surface area contributed by atoms with Crippen molar-refractivity contribution in [1.82, 2.24) is 14.9 Å². The summed E-state index contributed by atoms with van der Waals surface area (Å²) in [6.45, 7) is 5.30. The fourth-order valence-electron chi connectivity index (χ4n) is 1.36. The summed E-state index contributed by atoms with van der Waals surface area (Å²) in [7, 11) is 0. The quantitative estimate of drug-likeness (QED) is 0.606. The molecule has 0 fully saturated rings. The van der Waals surface area contributed by atoms with Crippen molar-refractivity contribution in [2.75, 3.05) is 19.8 Å². The molecule has 0 saturated heterocycles. The van der Waals surface area contributed by atoms with E-state index in [1.807, 2.05) is 17.7 Å². The molecule has 1 atom stereocenters. The van der Waals surface area contributed by atoms with Gasteiger partial charge >= 0.3 is 0 Å². The van der Waals surface area contributed by atoms with Gasteiger partial charge in [0.25, 0.3) is 0 Å². The number of aliphatic hydroxyl groups excluding tert-OH is 2. The van der Waals surface area contributed by atoms with Crippen molar-refractivity contribution in [1.29, 1.82) is 0 Å². The Hall–Kier alpha value is -0.910. The summed E-state index contributed by atoms with van der Waals surface area (Å²) in [5, 5.41) is 21.6. The van der Waals surface area contributed by atoms with Gasteiger partial charge in [-0.1, -0.05) is 6.92 Å². The highest BCUT2D eigenvalue weighted by atomic mass is 16.3. The molecule has 3 N–H and O–H groups in total. The van der Waals surface area contributed by atoms with Crippen molar-refractivity contribution in [3.63, 3.8) is 0 Å². The number of hydrogen-bond acceptors (Lipinski definition) is 4. The molecule has 92 valence electrons. The summed E-state index contributed by atoms with van der Waals surface area (Å²) >= 11 is 0. The molecule has 5 heteroatoms. The Morgan fingerprint density at radius 1 is 1.44 bits per heavy atom.